The van der Waals surface area contributed by atoms with Crippen LogP contribution in [0.1, 0.15) is 44.6 Å². The summed E-state index contributed by atoms with van der Waals surface area (Å²) in [5, 5.41) is 4.58. The number of hydrogen-bond donors (Lipinski definition) is 1. The Morgan fingerprint density at radius 2 is 1.86 bits per heavy atom. The van der Waals surface area contributed by atoms with Gasteiger partial charge in [0.1, 0.15) is 11.6 Å². The lowest BCUT2D eigenvalue weighted by Crippen LogP contribution is -2.40. The molecule has 0 atom stereocenters. The zero-order valence-electron chi connectivity index (χ0n) is 21.8. The summed E-state index contributed by atoms with van der Waals surface area (Å²) in [5.41, 5.74) is 0.470. The van der Waals surface area contributed by atoms with Gasteiger partial charge in [0.25, 0.3) is 15.6 Å². The van der Waals surface area contributed by atoms with Gasteiger partial charge in [0.05, 0.1) is 30.4 Å². The zero-order valence-corrected chi connectivity index (χ0v) is 22.6. The van der Waals surface area contributed by atoms with Gasteiger partial charge in [0.2, 0.25) is 5.95 Å². The first kappa shape index (κ1) is 27.1. The Kier molecular flexibility index (Phi) is 8.83. The predicted molar refractivity (Wildman–Crippen MR) is 141 cm³/mol. The number of fused-ring (bicyclic) bond motifs is 1. The van der Waals surface area contributed by atoms with Gasteiger partial charge in [-0.1, -0.05) is 13.8 Å². The van der Waals surface area contributed by atoms with E-state index in [1.165, 1.54) is 21.0 Å². The minimum absolute atomic E-state index is 0.0273. The van der Waals surface area contributed by atoms with Crippen LogP contribution in [-0.4, -0.2) is 78.9 Å². The van der Waals surface area contributed by atoms with Gasteiger partial charge in [-0.15, -0.1) is 5.10 Å². The van der Waals surface area contributed by atoms with Crippen LogP contribution in [0.2, 0.25) is 0 Å². The Bertz CT molecular complexity index is 1350. The lowest BCUT2D eigenvalue weighted by Gasteiger charge is -2.28. The highest BCUT2D eigenvalue weighted by molar-refractivity contribution is 7.92. The third-order valence-electron chi connectivity index (χ3n) is 6.26. The average molecular weight is 533 g/mol. The van der Waals surface area contributed by atoms with E-state index in [4.69, 9.17) is 9.47 Å². The first-order chi connectivity index (χ1) is 17.8. The summed E-state index contributed by atoms with van der Waals surface area (Å²) in [6.07, 6.45) is 2.85. The highest BCUT2D eigenvalue weighted by atomic mass is 32.2. The molecule has 1 saturated heterocycles. The van der Waals surface area contributed by atoms with Crippen LogP contribution in [0.15, 0.2) is 34.0 Å². The van der Waals surface area contributed by atoms with Gasteiger partial charge >= 0.3 is 0 Å². The molecule has 0 bridgehead atoms. The molecule has 37 heavy (non-hydrogen) atoms. The molecule has 0 unspecified atom stereocenters. The summed E-state index contributed by atoms with van der Waals surface area (Å²) in [6.45, 7) is 10.1. The van der Waals surface area contributed by atoms with Crippen molar-refractivity contribution in [1.29, 1.82) is 0 Å². The Morgan fingerprint density at radius 1 is 1.14 bits per heavy atom. The van der Waals surface area contributed by atoms with Gasteiger partial charge in [-0.2, -0.15) is 0 Å². The van der Waals surface area contributed by atoms with Gasteiger partial charge in [0, 0.05) is 32.6 Å². The number of aromatic nitrogens is 4. The van der Waals surface area contributed by atoms with E-state index in [2.05, 4.69) is 20.0 Å². The molecule has 0 saturated carbocycles. The number of hydrogen-bond acceptors (Lipinski definition) is 8. The number of aromatic amines is 1. The van der Waals surface area contributed by atoms with E-state index in [1.807, 2.05) is 13.8 Å². The van der Waals surface area contributed by atoms with Gasteiger partial charge < -0.3 is 9.47 Å². The number of benzene rings is 1. The maximum absolute atomic E-state index is 13.9. The summed E-state index contributed by atoms with van der Waals surface area (Å²) < 4.78 is 41.4. The van der Waals surface area contributed by atoms with E-state index >= 15 is 0 Å². The minimum atomic E-state index is -4.03. The van der Waals surface area contributed by atoms with Crippen molar-refractivity contribution in [1.82, 2.24) is 24.5 Å². The molecule has 1 aliphatic heterocycles. The van der Waals surface area contributed by atoms with Crippen LogP contribution in [0.3, 0.4) is 0 Å². The maximum atomic E-state index is 13.9. The smallest absolute Gasteiger partial charge is 0.278 e. The van der Waals surface area contributed by atoms with Crippen molar-refractivity contribution < 1.29 is 17.9 Å². The zero-order chi connectivity index (χ0) is 26.4. The molecular weight excluding hydrogens is 496 g/mol. The van der Waals surface area contributed by atoms with Crippen molar-refractivity contribution >= 4 is 21.5 Å². The molecule has 0 aliphatic carbocycles. The van der Waals surface area contributed by atoms with Crippen LogP contribution in [0.4, 0.5) is 5.95 Å². The largest absolute Gasteiger partial charge is 0.494 e. The van der Waals surface area contributed by atoms with Crippen LogP contribution in [-0.2, 0) is 21.2 Å². The summed E-state index contributed by atoms with van der Waals surface area (Å²) in [7, 11) is -4.03. The normalized spacial score (nSPS) is 14.8. The van der Waals surface area contributed by atoms with Crippen molar-refractivity contribution in [2.45, 2.75) is 51.3 Å². The van der Waals surface area contributed by atoms with Gasteiger partial charge in [0.15, 0.2) is 5.52 Å². The van der Waals surface area contributed by atoms with Crippen molar-refractivity contribution in [3.8, 4) is 5.75 Å². The number of imidazole rings is 1. The van der Waals surface area contributed by atoms with Crippen LogP contribution in [0, 0.1) is 6.92 Å². The molecule has 3 heterocycles. The van der Waals surface area contributed by atoms with Crippen molar-refractivity contribution in [3.05, 3.63) is 46.1 Å². The number of anilines is 1. The number of nitrogens with zero attached hydrogens (tertiary/aromatic N) is 5. The molecule has 202 valence electrons. The second-order valence-corrected chi connectivity index (χ2v) is 11.0. The van der Waals surface area contributed by atoms with E-state index in [1.54, 1.807) is 19.1 Å². The molecule has 12 heteroatoms. The summed E-state index contributed by atoms with van der Waals surface area (Å²) in [6, 6.07) is 6.34. The van der Waals surface area contributed by atoms with Gasteiger partial charge in [-0.05, 0) is 50.5 Å². The second-order valence-electron chi connectivity index (χ2n) is 9.11. The minimum Gasteiger partial charge on any atom is -0.494 e. The summed E-state index contributed by atoms with van der Waals surface area (Å²) >= 11 is 0. The van der Waals surface area contributed by atoms with E-state index < -0.39 is 15.6 Å². The average Bonchev–Trinajstić information content (AvgIpc) is 3.21. The second kappa shape index (κ2) is 12.1. The molecule has 1 fully saturated rings. The van der Waals surface area contributed by atoms with E-state index in [-0.39, 0.29) is 17.4 Å². The monoisotopic (exact) mass is 532 g/mol. The molecule has 1 N–H and O–H groups in total. The number of rotatable bonds is 12. The first-order valence-corrected chi connectivity index (χ1v) is 14.3. The maximum Gasteiger partial charge on any atom is 0.278 e. The molecule has 1 aliphatic rings. The SMILES string of the molecule is CCCOc1ccc(S(=O)(=O)N(CCCN2CCOCC2)c2nn3c(CCC)nc(C)c3c(=O)[nH]2)cc1. The lowest BCUT2D eigenvalue weighted by molar-refractivity contribution is 0.0377. The molecule has 0 radical (unpaired) electrons. The molecule has 4 rings (SSSR count). The molecular formula is C25H36N6O5S. The van der Waals surface area contributed by atoms with E-state index in [0.29, 0.717) is 62.0 Å². The summed E-state index contributed by atoms with van der Waals surface area (Å²) in [5.74, 6) is 1.21. The Balaban J connectivity index is 1.70. The summed E-state index contributed by atoms with van der Waals surface area (Å²) in [4.78, 5) is 22.6. The third kappa shape index (κ3) is 6.13. The van der Waals surface area contributed by atoms with Gasteiger partial charge in [-0.25, -0.2) is 22.2 Å². The topological polar surface area (TPSA) is 122 Å². The number of aryl methyl sites for hydroxylation is 2. The number of sulfonamides is 1. The Morgan fingerprint density at radius 3 is 2.54 bits per heavy atom. The molecule has 0 spiro atoms. The highest BCUT2D eigenvalue weighted by Crippen LogP contribution is 2.23. The van der Waals surface area contributed by atoms with Gasteiger partial charge in [-0.3, -0.25) is 14.7 Å². The molecule has 2 aromatic heterocycles. The fourth-order valence-corrected chi connectivity index (χ4v) is 5.79. The standard InChI is InChI=1S/C25H36N6O5S/c1-4-7-22-26-19(3)23-24(32)27-25(28-31(22)23)30(13-6-12-29-14-17-35-18-15-29)37(33,34)21-10-8-20(9-11-21)36-16-5-2/h8-11H,4-7,12-18H2,1-3H3,(H,27,28,32). The fourth-order valence-electron chi connectivity index (χ4n) is 4.38. The predicted octanol–water partition coefficient (Wildman–Crippen LogP) is 2.38. The number of morpholine rings is 1. The quantitative estimate of drug-likeness (QED) is 0.377. The molecule has 11 nitrogen and oxygen atoms in total. The first-order valence-electron chi connectivity index (χ1n) is 12.9. The highest BCUT2D eigenvalue weighted by Gasteiger charge is 2.28. The lowest BCUT2D eigenvalue weighted by atomic mass is 10.3. The number of ether oxygens (including phenoxy) is 2. The van der Waals surface area contributed by atoms with E-state index in [0.717, 1.165) is 25.9 Å². The van der Waals surface area contributed by atoms with Crippen molar-refractivity contribution in [2.24, 2.45) is 0 Å². The molecule has 1 aromatic carbocycles. The van der Waals surface area contributed by atoms with Crippen LogP contribution in [0.25, 0.3) is 5.52 Å². The number of H-pyrrole nitrogens is 1. The third-order valence-corrected chi connectivity index (χ3v) is 8.07. The Hall–Kier alpha value is -2.96. The fraction of sp³-hybridized carbons (Fsp3) is 0.560. The Labute approximate surface area is 217 Å². The van der Waals surface area contributed by atoms with Crippen LogP contribution < -0.4 is 14.6 Å². The molecule has 0 amide bonds. The van der Waals surface area contributed by atoms with E-state index in [9.17, 15) is 13.2 Å². The molecule has 3 aromatic rings. The van der Waals surface area contributed by atoms with Crippen molar-refractivity contribution in [3.63, 3.8) is 0 Å². The van der Waals surface area contributed by atoms with Crippen molar-refractivity contribution in [2.75, 3.05) is 50.3 Å². The number of nitrogens with one attached hydrogen (secondary N) is 1. The van der Waals surface area contributed by atoms with Crippen LogP contribution in [0.5, 0.6) is 5.75 Å². The van der Waals surface area contributed by atoms with Crippen LogP contribution >= 0.6 is 0 Å².